The molecule has 82 valence electrons. The van der Waals surface area contributed by atoms with Crippen LogP contribution in [0.15, 0.2) is 54.9 Å². The molecular formula is C14H17N2+. The van der Waals surface area contributed by atoms with Crippen LogP contribution in [0.5, 0.6) is 0 Å². The maximum absolute atomic E-state index is 3.38. The van der Waals surface area contributed by atoms with E-state index in [4.69, 9.17) is 0 Å². The molecule has 0 saturated heterocycles. The first-order valence-electron chi connectivity index (χ1n) is 5.58. The Hall–Kier alpha value is -1.83. The maximum Gasteiger partial charge on any atom is 0.192 e. The van der Waals surface area contributed by atoms with E-state index in [1.54, 1.807) is 0 Å². The Balaban J connectivity index is 2.19. The number of nitrogens with zero attached hydrogens (tertiary/aromatic N) is 1. The Labute approximate surface area is 96.6 Å². The second-order valence-electron chi connectivity index (χ2n) is 4.12. The SMILES string of the molecule is CC(C)[n+]1cccc(Nc2ccccc2)c1. The van der Waals surface area contributed by atoms with Gasteiger partial charge in [-0.1, -0.05) is 18.2 Å². The van der Waals surface area contributed by atoms with Crippen molar-refractivity contribution >= 4 is 11.4 Å². The first-order valence-corrected chi connectivity index (χ1v) is 5.58. The van der Waals surface area contributed by atoms with E-state index < -0.39 is 0 Å². The number of hydrogen-bond acceptors (Lipinski definition) is 1. The van der Waals surface area contributed by atoms with Gasteiger partial charge < -0.3 is 5.32 Å². The highest BCUT2D eigenvalue weighted by Gasteiger charge is 2.06. The van der Waals surface area contributed by atoms with E-state index in [1.165, 1.54) is 0 Å². The minimum Gasteiger partial charge on any atom is -0.351 e. The van der Waals surface area contributed by atoms with Crippen LogP contribution in [-0.4, -0.2) is 0 Å². The number of hydrogen-bond donors (Lipinski definition) is 1. The van der Waals surface area contributed by atoms with Crippen LogP contribution < -0.4 is 9.88 Å². The quantitative estimate of drug-likeness (QED) is 0.773. The zero-order chi connectivity index (χ0) is 11.4. The van der Waals surface area contributed by atoms with Gasteiger partial charge in [0.2, 0.25) is 0 Å². The second kappa shape index (κ2) is 4.79. The molecule has 1 aromatic carbocycles. The van der Waals surface area contributed by atoms with Crippen molar-refractivity contribution in [2.45, 2.75) is 19.9 Å². The number of para-hydroxylation sites is 1. The van der Waals surface area contributed by atoms with Crippen LogP contribution >= 0.6 is 0 Å². The minimum atomic E-state index is 0.484. The van der Waals surface area contributed by atoms with Gasteiger partial charge in [0, 0.05) is 11.8 Å². The first-order chi connectivity index (χ1) is 7.75. The van der Waals surface area contributed by atoms with Gasteiger partial charge in [0.25, 0.3) is 0 Å². The lowest BCUT2D eigenvalue weighted by Gasteiger charge is -2.06. The third-order valence-electron chi connectivity index (χ3n) is 2.48. The third kappa shape index (κ3) is 2.60. The number of benzene rings is 1. The summed E-state index contributed by atoms with van der Waals surface area (Å²) in [5.41, 5.74) is 2.23. The molecule has 0 fully saturated rings. The summed E-state index contributed by atoms with van der Waals surface area (Å²) in [5, 5.41) is 3.38. The molecule has 0 unspecified atom stereocenters. The molecule has 2 nitrogen and oxygen atoms in total. The Morgan fingerprint density at radius 1 is 0.938 bits per heavy atom. The van der Waals surface area contributed by atoms with E-state index in [1.807, 2.05) is 18.2 Å². The summed E-state index contributed by atoms with van der Waals surface area (Å²) in [4.78, 5) is 0. The fourth-order valence-corrected chi connectivity index (χ4v) is 1.58. The Kier molecular flexibility index (Phi) is 3.20. The number of pyridine rings is 1. The smallest absolute Gasteiger partial charge is 0.192 e. The summed E-state index contributed by atoms with van der Waals surface area (Å²) in [6, 6.07) is 14.8. The van der Waals surface area contributed by atoms with Crippen molar-refractivity contribution < 1.29 is 4.57 Å². The van der Waals surface area contributed by atoms with Crippen molar-refractivity contribution in [2.75, 3.05) is 5.32 Å². The predicted molar refractivity (Wildman–Crippen MR) is 66.7 cm³/mol. The molecule has 2 rings (SSSR count). The number of rotatable bonds is 3. The number of nitrogens with one attached hydrogen (secondary N) is 1. The summed E-state index contributed by atoms with van der Waals surface area (Å²) < 4.78 is 2.19. The summed E-state index contributed by atoms with van der Waals surface area (Å²) in [6.45, 7) is 4.35. The maximum atomic E-state index is 3.38. The van der Waals surface area contributed by atoms with Crippen molar-refractivity contribution in [2.24, 2.45) is 0 Å². The zero-order valence-corrected chi connectivity index (χ0v) is 9.72. The molecular weight excluding hydrogens is 196 g/mol. The molecule has 2 heteroatoms. The van der Waals surface area contributed by atoms with Crippen molar-refractivity contribution in [1.82, 2.24) is 0 Å². The highest BCUT2D eigenvalue weighted by atomic mass is 15.0. The van der Waals surface area contributed by atoms with Gasteiger partial charge in [-0.2, -0.15) is 0 Å². The van der Waals surface area contributed by atoms with Crippen LogP contribution in [0.4, 0.5) is 11.4 Å². The molecule has 0 spiro atoms. The molecule has 16 heavy (non-hydrogen) atoms. The minimum absolute atomic E-state index is 0.484. The van der Waals surface area contributed by atoms with E-state index in [-0.39, 0.29) is 0 Å². The van der Waals surface area contributed by atoms with E-state index in [0.717, 1.165) is 11.4 Å². The topological polar surface area (TPSA) is 15.9 Å². The van der Waals surface area contributed by atoms with E-state index in [0.29, 0.717) is 6.04 Å². The predicted octanol–water partition coefficient (Wildman–Crippen LogP) is 3.30. The summed E-state index contributed by atoms with van der Waals surface area (Å²) >= 11 is 0. The Bertz CT molecular complexity index is 449. The van der Waals surface area contributed by atoms with E-state index in [9.17, 15) is 0 Å². The van der Waals surface area contributed by atoms with Crippen LogP contribution in [0, 0.1) is 0 Å². The van der Waals surface area contributed by atoms with Gasteiger partial charge in [0.15, 0.2) is 18.4 Å². The molecule has 1 heterocycles. The van der Waals surface area contributed by atoms with Gasteiger partial charge in [0.05, 0.1) is 0 Å². The lowest BCUT2D eigenvalue weighted by Crippen LogP contribution is -2.35. The summed E-state index contributed by atoms with van der Waals surface area (Å²) in [5.74, 6) is 0. The highest BCUT2D eigenvalue weighted by molar-refractivity contribution is 5.57. The standard InChI is InChI=1S/C14H17N2/c1-12(2)16-10-6-9-14(11-16)15-13-7-4-3-5-8-13/h3-12,15H,1-2H3/q+1. The fraction of sp³-hybridized carbons (Fsp3) is 0.214. The van der Waals surface area contributed by atoms with Crippen LogP contribution in [0.2, 0.25) is 0 Å². The largest absolute Gasteiger partial charge is 0.351 e. The fourth-order valence-electron chi connectivity index (χ4n) is 1.58. The average molecular weight is 213 g/mol. The molecule has 1 N–H and O–H groups in total. The molecule has 0 radical (unpaired) electrons. The Morgan fingerprint density at radius 3 is 2.31 bits per heavy atom. The van der Waals surface area contributed by atoms with Gasteiger partial charge in [-0.3, -0.25) is 0 Å². The molecule has 0 atom stereocenters. The number of anilines is 2. The molecule has 0 aliphatic rings. The lowest BCUT2D eigenvalue weighted by molar-refractivity contribution is -0.715. The van der Waals surface area contributed by atoms with Crippen LogP contribution in [0.3, 0.4) is 0 Å². The molecule has 0 bridgehead atoms. The van der Waals surface area contributed by atoms with Crippen LogP contribution in [0.25, 0.3) is 0 Å². The van der Waals surface area contributed by atoms with Gasteiger partial charge in [-0.25, -0.2) is 4.57 Å². The van der Waals surface area contributed by atoms with Gasteiger partial charge >= 0.3 is 0 Å². The van der Waals surface area contributed by atoms with E-state index >= 15 is 0 Å². The van der Waals surface area contributed by atoms with Gasteiger partial charge in [-0.05, 0) is 32.0 Å². The molecule has 0 amide bonds. The van der Waals surface area contributed by atoms with Crippen molar-refractivity contribution in [3.8, 4) is 0 Å². The third-order valence-corrected chi connectivity index (χ3v) is 2.48. The second-order valence-corrected chi connectivity index (χ2v) is 4.12. The first kappa shape index (κ1) is 10.7. The van der Waals surface area contributed by atoms with Crippen LogP contribution in [-0.2, 0) is 0 Å². The van der Waals surface area contributed by atoms with Crippen molar-refractivity contribution in [3.63, 3.8) is 0 Å². The number of aromatic nitrogens is 1. The highest BCUT2D eigenvalue weighted by Crippen LogP contribution is 2.13. The lowest BCUT2D eigenvalue weighted by atomic mass is 10.3. The van der Waals surface area contributed by atoms with Gasteiger partial charge in [0.1, 0.15) is 5.69 Å². The molecule has 0 aliphatic carbocycles. The normalized spacial score (nSPS) is 10.4. The molecule has 1 aromatic heterocycles. The zero-order valence-electron chi connectivity index (χ0n) is 9.72. The van der Waals surface area contributed by atoms with E-state index in [2.05, 4.69) is 60.4 Å². The molecule has 2 aromatic rings. The molecule has 0 saturated carbocycles. The summed E-state index contributed by atoms with van der Waals surface area (Å²) in [6.07, 6.45) is 4.21. The monoisotopic (exact) mass is 213 g/mol. The average Bonchev–Trinajstić information content (AvgIpc) is 2.30. The summed E-state index contributed by atoms with van der Waals surface area (Å²) in [7, 11) is 0. The Morgan fingerprint density at radius 2 is 1.62 bits per heavy atom. The van der Waals surface area contributed by atoms with Crippen LogP contribution in [0.1, 0.15) is 19.9 Å². The van der Waals surface area contributed by atoms with Gasteiger partial charge in [-0.15, -0.1) is 0 Å². The molecule has 0 aliphatic heterocycles. The van der Waals surface area contributed by atoms with Crippen molar-refractivity contribution in [3.05, 3.63) is 54.9 Å². The van der Waals surface area contributed by atoms with Crippen molar-refractivity contribution in [1.29, 1.82) is 0 Å².